The van der Waals surface area contributed by atoms with Crippen LogP contribution in [0.3, 0.4) is 0 Å². The molecule has 0 spiro atoms. The van der Waals surface area contributed by atoms with Gasteiger partial charge in [-0.05, 0) is 36.6 Å². The molecule has 1 aliphatic rings. The van der Waals surface area contributed by atoms with Crippen molar-refractivity contribution in [3.8, 4) is 24.2 Å². The van der Waals surface area contributed by atoms with E-state index >= 15 is 0 Å². The number of carbonyl (C=O) groups excluding carboxylic acids is 1. The first-order valence-corrected chi connectivity index (χ1v) is 8.28. The van der Waals surface area contributed by atoms with Crippen LogP contribution in [0.25, 0.3) is 6.08 Å². The fraction of sp³-hybridized carbons (Fsp3) is 0.333. The molecule has 1 amide bonds. The molecule has 1 aromatic carbocycles. The van der Waals surface area contributed by atoms with Gasteiger partial charge in [-0.1, -0.05) is 42.0 Å². The molecule has 1 saturated carbocycles. The van der Waals surface area contributed by atoms with E-state index in [9.17, 15) is 10.1 Å². The second-order valence-electron chi connectivity index (χ2n) is 5.43. The van der Waals surface area contributed by atoms with Crippen LogP contribution in [-0.2, 0) is 4.79 Å². The zero-order chi connectivity index (χ0) is 17.5. The highest BCUT2D eigenvalue weighted by molar-refractivity contribution is 6.37. The first-order chi connectivity index (χ1) is 11.5. The highest BCUT2D eigenvalue weighted by atomic mass is 35.5. The summed E-state index contributed by atoms with van der Waals surface area (Å²) in [7, 11) is 0. The average molecular weight is 363 g/mol. The molecule has 124 valence electrons. The molecule has 2 rings (SSSR count). The lowest BCUT2D eigenvalue weighted by atomic mass is 10.1. The zero-order valence-electron chi connectivity index (χ0n) is 12.9. The Kier molecular flexibility index (Phi) is 6.55. The third kappa shape index (κ3) is 4.68. The lowest BCUT2D eigenvalue weighted by Gasteiger charge is -2.11. The summed E-state index contributed by atoms with van der Waals surface area (Å²) < 4.78 is 5.27. The van der Waals surface area contributed by atoms with Gasteiger partial charge in [-0.2, -0.15) is 5.26 Å². The molecule has 0 heterocycles. The van der Waals surface area contributed by atoms with Crippen molar-refractivity contribution in [3.05, 3.63) is 33.3 Å². The number of nitrogens with one attached hydrogen (secondary N) is 1. The number of amides is 1. The fourth-order valence-electron chi connectivity index (χ4n) is 2.56. The predicted molar refractivity (Wildman–Crippen MR) is 94.8 cm³/mol. The number of nitrogens with zero attached hydrogens (tertiary/aromatic N) is 1. The van der Waals surface area contributed by atoms with E-state index in [-0.39, 0.29) is 39.9 Å². The second-order valence-corrected chi connectivity index (χ2v) is 6.25. The number of carbonyl (C=O) groups is 1. The number of terminal acetylenes is 1. The number of rotatable bonds is 5. The van der Waals surface area contributed by atoms with Crippen LogP contribution in [0.15, 0.2) is 17.7 Å². The third-order valence-corrected chi connectivity index (χ3v) is 4.25. The van der Waals surface area contributed by atoms with Crippen molar-refractivity contribution < 1.29 is 9.53 Å². The Balaban J connectivity index is 2.19. The van der Waals surface area contributed by atoms with Crippen molar-refractivity contribution in [1.29, 1.82) is 5.26 Å². The Morgan fingerprint density at radius 3 is 2.54 bits per heavy atom. The third-order valence-electron chi connectivity index (χ3n) is 3.69. The monoisotopic (exact) mass is 362 g/mol. The minimum Gasteiger partial charge on any atom is -0.478 e. The Bertz CT molecular complexity index is 715. The molecule has 6 heteroatoms. The van der Waals surface area contributed by atoms with Gasteiger partial charge < -0.3 is 10.1 Å². The molecule has 0 unspecified atom stereocenters. The van der Waals surface area contributed by atoms with Gasteiger partial charge in [-0.25, -0.2) is 0 Å². The summed E-state index contributed by atoms with van der Waals surface area (Å²) in [6.45, 7) is 0.0435. The molecule has 0 bridgehead atoms. The minimum atomic E-state index is -0.385. The topological polar surface area (TPSA) is 62.1 Å². The van der Waals surface area contributed by atoms with Gasteiger partial charge in [0, 0.05) is 6.04 Å². The van der Waals surface area contributed by atoms with Gasteiger partial charge in [0.15, 0.2) is 5.75 Å². The minimum absolute atomic E-state index is 0.00586. The molecule has 0 atom stereocenters. The molecular weight excluding hydrogens is 347 g/mol. The molecule has 1 aliphatic carbocycles. The summed E-state index contributed by atoms with van der Waals surface area (Å²) >= 11 is 12.2. The van der Waals surface area contributed by atoms with Gasteiger partial charge in [-0.3, -0.25) is 4.79 Å². The van der Waals surface area contributed by atoms with Crippen LogP contribution in [0, 0.1) is 23.7 Å². The Morgan fingerprint density at radius 2 is 2.00 bits per heavy atom. The maximum Gasteiger partial charge on any atom is 0.262 e. The van der Waals surface area contributed by atoms with E-state index in [2.05, 4.69) is 11.2 Å². The van der Waals surface area contributed by atoms with Crippen LogP contribution in [0.5, 0.6) is 5.75 Å². The van der Waals surface area contributed by atoms with Gasteiger partial charge in [0.1, 0.15) is 18.2 Å². The largest absolute Gasteiger partial charge is 0.478 e. The van der Waals surface area contributed by atoms with E-state index in [1.54, 1.807) is 12.1 Å². The molecule has 0 saturated heterocycles. The van der Waals surface area contributed by atoms with E-state index in [1.807, 2.05) is 6.07 Å². The summed E-state index contributed by atoms with van der Waals surface area (Å²) in [5, 5.41) is 12.6. The lowest BCUT2D eigenvalue weighted by Crippen LogP contribution is -2.33. The van der Waals surface area contributed by atoms with Crippen LogP contribution in [0.2, 0.25) is 10.0 Å². The number of halogens is 2. The van der Waals surface area contributed by atoms with Crippen LogP contribution in [-0.4, -0.2) is 18.6 Å². The van der Waals surface area contributed by atoms with Crippen molar-refractivity contribution in [2.75, 3.05) is 6.61 Å². The smallest absolute Gasteiger partial charge is 0.262 e. The van der Waals surface area contributed by atoms with Gasteiger partial charge in [0.05, 0.1) is 10.0 Å². The summed E-state index contributed by atoms with van der Waals surface area (Å²) in [5.41, 5.74) is 0.544. The fourth-order valence-corrected chi connectivity index (χ4v) is 3.18. The Hall–Kier alpha value is -2.14. The first-order valence-electron chi connectivity index (χ1n) is 7.53. The van der Waals surface area contributed by atoms with E-state index < -0.39 is 0 Å². The van der Waals surface area contributed by atoms with Gasteiger partial charge in [0.25, 0.3) is 5.91 Å². The number of benzene rings is 1. The van der Waals surface area contributed by atoms with E-state index in [0.29, 0.717) is 5.56 Å². The number of ether oxygens (including phenoxy) is 1. The summed E-state index contributed by atoms with van der Waals surface area (Å²) in [5.74, 6) is 2.22. The number of nitriles is 1. The van der Waals surface area contributed by atoms with Crippen LogP contribution in [0.4, 0.5) is 0 Å². The predicted octanol–water partition coefficient (Wildman–Crippen LogP) is 3.97. The molecule has 24 heavy (non-hydrogen) atoms. The van der Waals surface area contributed by atoms with E-state index in [4.69, 9.17) is 34.4 Å². The zero-order valence-corrected chi connectivity index (χ0v) is 14.5. The van der Waals surface area contributed by atoms with Gasteiger partial charge in [0.2, 0.25) is 0 Å². The Labute approximate surface area is 151 Å². The molecule has 4 nitrogen and oxygen atoms in total. The number of hydrogen-bond donors (Lipinski definition) is 1. The summed E-state index contributed by atoms with van der Waals surface area (Å²) in [4.78, 5) is 12.2. The standard InChI is InChI=1S/C18H16Cl2N2O2/c1-2-7-24-17-15(19)9-12(10-16(17)20)8-13(11-21)18(23)22-14-5-3-4-6-14/h1,8-10,14H,3-7H2,(H,22,23)/b13-8-. The number of hydrogen-bond acceptors (Lipinski definition) is 3. The molecule has 1 N–H and O–H groups in total. The second kappa shape index (κ2) is 8.64. The Morgan fingerprint density at radius 1 is 1.38 bits per heavy atom. The molecular formula is C18H16Cl2N2O2. The van der Waals surface area contributed by atoms with E-state index in [1.165, 1.54) is 6.08 Å². The van der Waals surface area contributed by atoms with Crippen LogP contribution >= 0.6 is 23.2 Å². The van der Waals surface area contributed by atoms with Crippen LogP contribution in [0.1, 0.15) is 31.2 Å². The summed E-state index contributed by atoms with van der Waals surface area (Å²) in [6.07, 6.45) is 10.7. The van der Waals surface area contributed by atoms with Crippen molar-refractivity contribution in [2.24, 2.45) is 0 Å². The van der Waals surface area contributed by atoms with Gasteiger partial charge in [-0.15, -0.1) is 6.42 Å². The quantitative estimate of drug-likeness (QED) is 0.489. The highest BCUT2D eigenvalue weighted by Crippen LogP contribution is 2.34. The van der Waals surface area contributed by atoms with Crippen LogP contribution < -0.4 is 10.1 Å². The SMILES string of the molecule is C#CCOc1c(Cl)cc(/C=C(/C#N)C(=O)NC2CCCC2)cc1Cl. The lowest BCUT2D eigenvalue weighted by molar-refractivity contribution is -0.117. The molecule has 1 aromatic rings. The normalized spacial score (nSPS) is 14.8. The molecule has 0 radical (unpaired) electrons. The molecule has 0 aliphatic heterocycles. The summed E-state index contributed by atoms with van der Waals surface area (Å²) in [6, 6.07) is 5.19. The molecule has 1 fully saturated rings. The van der Waals surface area contributed by atoms with E-state index in [0.717, 1.165) is 25.7 Å². The van der Waals surface area contributed by atoms with Crippen molar-refractivity contribution in [3.63, 3.8) is 0 Å². The highest BCUT2D eigenvalue weighted by Gasteiger charge is 2.19. The maximum absolute atomic E-state index is 12.2. The van der Waals surface area contributed by atoms with Crippen molar-refractivity contribution >= 4 is 35.2 Å². The van der Waals surface area contributed by atoms with Crippen molar-refractivity contribution in [2.45, 2.75) is 31.7 Å². The van der Waals surface area contributed by atoms with Gasteiger partial charge >= 0.3 is 0 Å². The molecule has 0 aromatic heterocycles. The average Bonchev–Trinajstić information content (AvgIpc) is 3.04. The maximum atomic E-state index is 12.2. The first kappa shape index (κ1) is 18.2. The van der Waals surface area contributed by atoms with Crippen molar-refractivity contribution in [1.82, 2.24) is 5.32 Å².